The SMILES string of the molecule is CCOC(=O)C(=[N+]=[N-])[C@@H]1C[C@H]1C(=O)OC. The van der Waals surface area contributed by atoms with Crippen LogP contribution in [0.5, 0.6) is 0 Å². The predicted octanol–water partition coefficient (Wildman–Crippen LogP) is 0.0294. The van der Waals surface area contributed by atoms with Crippen molar-refractivity contribution < 1.29 is 23.9 Å². The van der Waals surface area contributed by atoms with E-state index < -0.39 is 11.9 Å². The van der Waals surface area contributed by atoms with Crippen molar-refractivity contribution in [3.05, 3.63) is 5.53 Å². The van der Waals surface area contributed by atoms with Gasteiger partial charge in [-0.05, 0) is 13.3 Å². The summed E-state index contributed by atoms with van der Waals surface area (Å²) in [6, 6.07) is 0. The molecule has 0 unspecified atom stereocenters. The Kier molecular flexibility index (Phi) is 3.57. The first-order valence-corrected chi connectivity index (χ1v) is 4.62. The third kappa shape index (κ3) is 2.41. The Morgan fingerprint density at radius 3 is 2.60 bits per heavy atom. The average molecular weight is 212 g/mol. The van der Waals surface area contributed by atoms with Crippen LogP contribution in [0.1, 0.15) is 13.3 Å². The molecule has 0 aromatic carbocycles. The zero-order chi connectivity index (χ0) is 11.4. The summed E-state index contributed by atoms with van der Waals surface area (Å²) in [5.41, 5.74) is 8.54. The van der Waals surface area contributed by atoms with Gasteiger partial charge in [0.2, 0.25) is 0 Å². The summed E-state index contributed by atoms with van der Waals surface area (Å²) >= 11 is 0. The van der Waals surface area contributed by atoms with Crippen molar-refractivity contribution >= 4 is 17.7 Å². The van der Waals surface area contributed by atoms with Crippen LogP contribution in [0.4, 0.5) is 0 Å². The van der Waals surface area contributed by atoms with E-state index in [1.54, 1.807) is 6.92 Å². The molecule has 6 nitrogen and oxygen atoms in total. The minimum atomic E-state index is -0.684. The van der Waals surface area contributed by atoms with Crippen LogP contribution < -0.4 is 0 Å². The van der Waals surface area contributed by atoms with Crippen LogP contribution in [-0.4, -0.2) is 36.2 Å². The van der Waals surface area contributed by atoms with Crippen molar-refractivity contribution in [3.8, 4) is 0 Å². The number of ether oxygens (including phenoxy) is 2. The summed E-state index contributed by atoms with van der Waals surface area (Å²) in [6.45, 7) is 1.85. The summed E-state index contributed by atoms with van der Waals surface area (Å²) in [7, 11) is 1.28. The largest absolute Gasteiger partial charge is 0.469 e. The number of rotatable bonds is 4. The first kappa shape index (κ1) is 11.4. The molecule has 0 saturated heterocycles. The van der Waals surface area contributed by atoms with Crippen molar-refractivity contribution in [1.29, 1.82) is 0 Å². The van der Waals surface area contributed by atoms with Gasteiger partial charge in [0.1, 0.15) is 0 Å². The second-order valence-electron chi connectivity index (χ2n) is 3.18. The molecule has 0 spiro atoms. The van der Waals surface area contributed by atoms with E-state index in [4.69, 9.17) is 5.53 Å². The number of carbonyl (C=O) groups is 2. The zero-order valence-corrected chi connectivity index (χ0v) is 8.60. The zero-order valence-electron chi connectivity index (χ0n) is 8.60. The number of nitrogens with zero attached hydrogens (tertiary/aromatic N) is 2. The molecule has 0 amide bonds. The number of carbonyl (C=O) groups excluding carboxylic acids is 2. The lowest BCUT2D eigenvalue weighted by Gasteiger charge is -1.96. The van der Waals surface area contributed by atoms with Gasteiger partial charge in [-0.15, -0.1) is 0 Å². The number of hydrogen-bond acceptors (Lipinski definition) is 4. The summed E-state index contributed by atoms with van der Waals surface area (Å²) in [6.07, 6.45) is 0.463. The Morgan fingerprint density at radius 1 is 1.47 bits per heavy atom. The molecule has 0 N–H and O–H groups in total. The molecular weight excluding hydrogens is 200 g/mol. The summed E-state index contributed by atoms with van der Waals surface area (Å²) in [5, 5.41) is 0. The molecule has 0 aliphatic heterocycles. The smallest absolute Gasteiger partial charge is 0.417 e. The number of esters is 2. The second-order valence-corrected chi connectivity index (χ2v) is 3.18. The molecule has 6 heteroatoms. The van der Waals surface area contributed by atoms with Gasteiger partial charge in [0.05, 0.1) is 25.6 Å². The van der Waals surface area contributed by atoms with E-state index in [-0.39, 0.29) is 24.2 Å². The van der Waals surface area contributed by atoms with E-state index in [0.29, 0.717) is 6.42 Å². The molecule has 0 aromatic rings. The first-order valence-electron chi connectivity index (χ1n) is 4.62. The highest BCUT2D eigenvalue weighted by atomic mass is 16.5. The van der Waals surface area contributed by atoms with Crippen LogP contribution in [0.15, 0.2) is 0 Å². The van der Waals surface area contributed by atoms with Gasteiger partial charge in [-0.3, -0.25) is 4.79 Å². The average Bonchev–Trinajstić information content (AvgIpc) is 2.98. The van der Waals surface area contributed by atoms with E-state index in [0.717, 1.165) is 0 Å². The molecule has 0 radical (unpaired) electrons. The van der Waals surface area contributed by atoms with Gasteiger partial charge in [0.15, 0.2) is 0 Å². The topological polar surface area (TPSA) is 89.0 Å². The quantitative estimate of drug-likeness (QED) is 0.284. The molecule has 82 valence electrons. The van der Waals surface area contributed by atoms with Crippen LogP contribution in [0, 0.1) is 11.8 Å². The lowest BCUT2D eigenvalue weighted by molar-refractivity contribution is -0.142. The van der Waals surface area contributed by atoms with Crippen molar-refractivity contribution in [2.24, 2.45) is 11.8 Å². The lowest BCUT2D eigenvalue weighted by atomic mass is 10.2. The summed E-state index contributed by atoms with van der Waals surface area (Å²) in [5.74, 6) is -1.84. The minimum Gasteiger partial charge on any atom is -0.469 e. The molecule has 2 atom stereocenters. The highest BCUT2D eigenvalue weighted by molar-refractivity contribution is 6.36. The van der Waals surface area contributed by atoms with Crippen LogP contribution in [0.25, 0.3) is 5.53 Å². The van der Waals surface area contributed by atoms with Gasteiger partial charge >= 0.3 is 17.7 Å². The molecule has 0 bridgehead atoms. The highest BCUT2D eigenvalue weighted by Gasteiger charge is 2.55. The first-order chi connectivity index (χ1) is 7.15. The van der Waals surface area contributed by atoms with Gasteiger partial charge < -0.3 is 15.0 Å². The third-order valence-electron chi connectivity index (χ3n) is 2.24. The Hall–Kier alpha value is -1.68. The maximum absolute atomic E-state index is 11.2. The van der Waals surface area contributed by atoms with Gasteiger partial charge in [-0.25, -0.2) is 4.79 Å². The fourth-order valence-electron chi connectivity index (χ4n) is 1.38. The summed E-state index contributed by atoms with van der Waals surface area (Å²) in [4.78, 5) is 25.2. The number of methoxy groups -OCH3 is 1. The van der Waals surface area contributed by atoms with Crippen LogP contribution >= 0.6 is 0 Å². The monoisotopic (exact) mass is 212 g/mol. The Bertz CT molecular complexity index is 333. The van der Waals surface area contributed by atoms with Crippen molar-refractivity contribution in [1.82, 2.24) is 0 Å². The molecule has 15 heavy (non-hydrogen) atoms. The molecule has 1 aliphatic carbocycles. The molecule has 1 rings (SSSR count). The Labute approximate surface area is 86.8 Å². The van der Waals surface area contributed by atoms with E-state index in [1.165, 1.54) is 7.11 Å². The van der Waals surface area contributed by atoms with Gasteiger partial charge in [-0.2, -0.15) is 4.79 Å². The second kappa shape index (κ2) is 4.70. The van der Waals surface area contributed by atoms with E-state index >= 15 is 0 Å². The Morgan fingerprint density at radius 2 is 2.13 bits per heavy atom. The number of hydrogen-bond donors (Lipinski definition) is 0. The highest BCUT2D eigenvalue weighted by Crippen LogP contribution is 2.40. The molecule has 0 aromatic heterocycles. The third-order valence-corrected chi connectivity index (χ3v) is 2.24. The molecular formula is C9H12N2O4. The Balaban J connectivity index is 2.62. The van der Waals surface area contributed by atoms with Gasteiger partial charge in [-0.1, -0.05) is 0 Å². The maximum atomic E-state index is 11.2. The molecule has 1 saturated carbocycles. The van der Waals surface area contributed by atoms with Crippen LogP contribution in [-0.2, 0) is 19.1 Å². The van der Waals surface area contributed by atoms with E-state index in [9.17, 15) is 9.59 Å². The van der Waals surface area contributed by atoms with Crippen molar-refractivity contribution in [2.75, 3.05) is 13.7 Å². The van der Waals surface area contributed by atoms with E-state index in [1.807, 2.05) is 0 Å². The van der Waals surface area contributed by atoms with Gasteiger partial charge in [0, 0.05) is 0 Å². The van der Waals surface area contributed by atoms with Crippen LogP contribution in [0.3, 0.4) is 0 Å². The molecule has 0 heterocycles. The summed E-state index contributed by atoms with van der Waals surface area (Å²) < 4.78 is 9.19. The normalized spacial score (nSPS) is 22.5. The molecule has 1 aliphatic rings. The fraction of sp³-hybridized carbons (Fsp3) is 0.667. The maximum Gasteiger partial charge on any atom is 0.417 e. The van der Waals surface area contributed by atoms with Crippen molar-refractivity contribution in [3.63, 3.8) is 0 Å². The van der Waals surface area contributed by atoms with E-state index in [2.05, 4.69) is 14.3 Å². The van der Waals surface area contributed by atoms with Crippen LogP contribution in [0.2, 0.25) is 0 Å². The minimum absolute atomic E-state index is 0.104. The lowest BCUT2D eigenvalue weighted by Crippen LogP contribution is -2.22. The molecule has 1 fully saturated rings. The predicted molar refractivity (Wildman–Crippen MR) is 48.9 cm³/mol. The van der Waals surface area contributed by atoms with Crippen molar-refractivity contribution in [2.45, 2.75) is 13.3 Å². The van der Waals surface area contributed by atoms with Gasteiger partial charge in [0.25, 0.3) is 0 Å². The standard InChI is InChI=1S/C9H12N2O4/c1-3-15-9(13)7(11-10)5-4-6(5)8(12)14-2/h5-6H,3-4H2,1-2H3/t5-,6-/m1/s1. The fourth-order valence-corrected chi connectivity index (χ4v) is 1.38.